The van der Waals surface area contributed by atoms with E-state index in [0.29, 0.717) is 4.47 Å². The van der Waals surface area contributed by atoms with Crippen molar-refractivity contribution in [2.75, 3.05) is 12.8 Å². The second-order valence-corrected chi connectivity index (χ2v) is 4.07. The van der Waals surface area contributed by atoms with Crippen LogP contribution in [0.3, 0.4) is 0 Å². The van der Waals surface area contributed by atoms with Gasteiger partial charge >= 0.3 is 0 Å². The van der Waals surface area contributed by atoms with E-state index >= 15 is 0 Å². The first-order chi connectivity index (χ1) is 8.04. The number of nitrogen functional groups attached to an aromatic ring is 1. The third-order valence-electron chi connectivity index (χ3n) is 2.15. The summed E-state index contributed by atoms with van der Waals surface area (Å²) in [6, 6.07) is 2.48. The molecule has 0 bridgehead atoms. The smallest absolute Gasteiger partial charge is 0.222 e. The van der Waals surface area contributed by atoms with Gasteiger partial charge in [-0.2, -0.15) is 0 Å². The number of aromatic nitrogens is 1. The molecule has 0 saturated carbocycles. The van der Waals surface area contributed by atoms with Crippen LogP contribution in [0.4, 0.5) is 10.3 Å². The Labute approximate surface area is 104 Å². The van der Waals surface area contributed by atoms with Crippen molar-refractivity contribution in [1.29, 1.82) is 0 Å². The van der Waals surface area contributed by atoms with Gasteiger partial charge in [0.05, 0.1) is 17.1 Å². The topological polar surface area (TPSA) is 81.5 Å². The van der Waals surface area contributed by atoms with Gasteiger partial charge in [-0.3, -0.25) is 0 Å². The molecule has 3 N–H and O–H groups in total. The Morgan fingerprint density at radius 3 is 2.76 bits per heavy atom. The van der Waals surface area contributed by atoms with Crippen molar-refractivity contribution in [3.63, 3.8) is 0 Å². The lowest BCUT2D eigenvalue weighted by Crippen LogP contribution is -1.92. The summed E-state index contributed by atoms with van der Waals surface area (Å²) in [6.45, 7) is 0. The average molecular weight is 303 g/mol. The molecular formula is C10H8BrFN2O3. The Balaban J connectivity index is 2.69. The molecule has 90 valence electrons. The minimum absolute atomic E-state index is 0.0284. The third kappa shape index (κ3) is 1.93. The third-order valence-corrected chi connectivity index (χ3v) is 2.74. The Bertz CT molecular complexity index is 571. The van der Waals surface area contributed by atoms with E-state index in [9.17, 15) is 9.50 Å². The lowest BCUT2D eigenvalue weighted by molar-refractivity contribution is 0.369. The quantitative estimate of drug-likeness (QED) is 0.891. The number of methoxy groups -OCH3 is 1. The fourth-order valence-electron chi connectivity index (χ4n) is 1.43. The maximum Gasteiger partial charge on any atom is 0.222 e. The molecule has 1 aromatic heterocycles. The van der Waals surface area contributed by atoms with Crippen LogP contribution in [0.1, 0.15) is 0 Å². The number of nitrogens with zero attached hydrogens (tertiary/aromatic N) is 1. The van der Waals surface area contributed by atoms with Crippen molar-refractivity contribution in [1.82, 2.24) is 5.16 Å². The largest absolute Gasteiger partial charge is 0.504 e. The highest BCUT2D eigenvalue weighted by atomic mass is 79.9. The van der Waals surface area contributed by atoms with Crippen molar-refractivity contribution in [3.8, 4) is 22.8 Å². The molecule has 0 spiro atoms. The molecule has 0 aliphatic rings. The normalized spacial score (nSPS) is 10.5. The van der Waals surface area contributed by atoms with E-state index in [0.717, 1.165) is 0 Å². The number of hydrogen-bond donors (Lipinski definition) is 2. The molecule has 0 fully saturated rings. The van der Waals surface area contributed by atoms with Crippen LogP contribution in [0, 0.1) is 5.82 Å². The molecular weight excluding hydrogens is 295 g/mol. The molecule has 7 heteroatoms. The first-order valence-electron chi connectivity index (χ1n) is 4.52. The SMILES string of the molecule is COc1c(Br)cc(F)c(-c2cc(N)on2)c1O. The van der Waals surface area contributed by atoms with Crippen LogP contribution in [0.5, 0.6) is 11.5 Å². The van der Waals surface area contributed by atoms with Crippen LogP contribution in [0.2, 0.25) is 0 Å². The Hall–Kier alpha value is -1.76. The predicted octanol–water partition coefficient (Wildman–Crippen LogP) is 2.54. The van der Waals surface area contributed by atoms with Gasteiger partial charge in [0, 0.05) is 6.07 Å². The summed E-state index contributed by atoms with van der Waals surface area (Å²) >= 11 is 3.08. The minimum Gasteiger partial charge on any atom is -0.504 e. The van der Waals surface area contributed by atoms with Crippen molar-refractivity contribution in [2.45, 2.75) is 0 Å². The number of nitrogens with two attached hydrogens (primary N) is 1. The second-order valence-electron chi connectivity index (χ2n) is 3.21. The van der Waals surface area contributed by atoms with Crippen LogP contribution in [-0.4, -0.2) is 17.4 Å². The maximum absolute atomic E-state index is 13.8. The van der Waals surface area contributed by atoms with Crippen LogP contribution >= 0.6 is 15.9 Å². The molecule has 0 saturated heterocycles. The number of hydrogen-bond acceptors (Lipinski definition) is 5. The first kappa shape index (κ1) is 11.7. The van der Waals surface area contributed by atoms with E-state index < -0.39 is 5.82 Å². The van der Waals surface area contributed by atoms with Gasteiger partial charge in [-0.05, 0) is 22.0 Å². The monoisotopic (exact) mass is 302 g/mol. The molecule has 2 aromatic rings. The predicted molar refractivity (Wildman–Crippen MR) is 62.2 cm³/mol. The average Bonchev–Trinajstić information content (AvgIpc) is 2.64. The standard InChI is InChI=1S/C10H8BrFN2O3/c1-16-10-4(11)2-5(12)8(9(10)15)6-3-7(13)17-14-6/h2-3,15H,13H2,1H3. The lowest BCUT2D eigenvalue weighted by atomic mass is 10.1. The van der Waals surface area contributed by atoms with E-state index in [1.54, 1.807) is 0 Å². The summed E-state index contributed by atoms with van der Waals surface area (Å²) in [6.07, 6.45) is 0. The van der Waals surface area contributed by atoms with Crippen LogP contribution in [0.25, 0.3) is 11.3 Å². The zero-order valence-electron chi connectivity index (χ0n) is 8.70. The Kier molecular flexibility index (Phi) is 2.93. The molecule has 0 atom stereocenters. The van der Waals surface area contributed by atoms with Crippen molar-refractivity contribution < 1.29 is 18.8 Å². The molecule has 1 aromatic carbocycles. The second kappa shape index (κ2) is 4.25. The summed E-state index contributed by atoms with van der Waals surface area (Å²) in [5.41, 5.74) is 5.32. The van der Waals surface area contributed by atoms with Crippen LogP contribution < -0.4 is 10.5 Å². The summed E-state index contributed by atoms with van der Waals surface area (Å²) in [4.78, 5) is 0. The van der Waals surface area contributed by atoms with E-state index in [1.807, 2.05) is 0 Å². The molecule has 0 aliphatic heterocycles. The maximum atomic E-state index is 13.8. The van der Waals surface area contributed by atoms with Crippen molar-refractivity contribution in [2.24, 2.45) is 0 Å². The van der Waals surface area contributed by atoms with E-state index in [-0.39, 0.29) is 28.6 Å². The molecule has 0 amide bonds. The Morgan fingerprint density at radius 2 is 2.24 bits per heavy atom. The number of anilines is 1. The van der Waals surface area contributed by atoms with Gasteiger partial charge in [0.2, 0.25) is 5.88 Å². The van der Waals surface area contributed by atoms with E-state index in [4.69, 9.17) is 10.5 Å². The van der Waals surface area contributed by atoms with Gasteiger partial charge in [-0.1, -0.05) is 5.16 Å². The van der Waals surface area contributed by atoms with Crippen LogP contribution in [-0.2, 0) is 0 Å². The fourth-order valence-corrected chi connectivity index (χ4v) is 1.98. The van der Waals surface area contributed by atoms with Gasteiger partial charge < -0.3 is 20.1 Å². The highest BCUT2D eigenvalue weighted by molar-refractivity contribution is 9.10. The van der Waals surface area contributed by atoms with E-state index in [2.05, 4.69) is 25.6 Å². The van der Waals surface area contributed by atoms with Gasteiger partial charge in [0.25, 0.3) is 0 Å². The molecule has 5 nitrogen and oxygen atoms in total. The zero-order chi connectivity index (χ0) is 12.6. The molecule has 2 rings (SSSR count). The minimum atomic E-state index is -0.663. The summed E-state index contributed by atoms with van der Waals surface area (Å²) in [7, 11) is 1.36. The summed E-state index contributed by atoms with van der Waals surface area (Å²) < 4.78 is 23.6. The number of phenolic OH excluding ortho intramolecular Hbond substituents is 1. The number of rotatable bonds is 2. The summed E-state index contributed by atoms with van der Waals surface area (Å²) in [5, 5.41) is 13.4. The fraction of sp³-hybridized carbons (Fsp3) is 0.100. The highest BCUT2D eigenvalue weighted by Gasteiger charge is 2.21. The molecule has 0 radical (unpaired) electrons. The van der Waals surface area contributed by atoms with Crippen molar-refractivity contribution in [3.05, 3.63) is 22.4 Å². The lowest BCUT2D eigenvalue weighted by Gasteiger charge is -2.09. The van der Waals surface area contributed by atoms with Crippen LogP contribution in [0.15, 0.2) is 21.1 Å². The van der Waals surface area contributed by atoms with Gasteiger partial charge in [0.15, 0.2) is 11.5 Å². The number of benzene rings is 1. The number of phenols is 1. The van der Waals surface area contributed by atoms with Gasteiger partial charge in [-0.25, -0.2) is 4.39 Å². The molecule has 0 unspecified atom stereocenters. The van der Waals surface area contributed by atoms with Gasteiger partial charge in [0.1, 0.15) is 11.5 Å². The van der Waals surface area contributed by atoms with E-state index in [1.165, 1.54) is 19.2 Å². The number of halogens is 2. The number of aromatic hydroxyl groups is 1. The molecule has 17 heavy (non-hydrogen) atoms. The molecule has 0 aliphatic carbocycles. The molecule has 1 heterocycles. The highest BCUT2D eigenvalue weighted by Crippen LogP contribution is 2.43. The number of ether oxygens (including phenoxy) is 1. The van der Waals surface area contributed by atoms with Gasteiger partial charge in [-0.15, -0.1) is 0 Å². The Morgan fingerprint density at radius 1 is 1.53 bits per heavy atom. The van der Waals surface area contributed by atoms with Crippen molar-refractivity contribution >= 4 is 21.8 Å². The zero-order valence-corrected chi connectivity index (χ0v) is 10.3. The summed E-state index contributed by atoms with van der Waals surface area (Å²) in [5.74, 6) is -0.889. The first-order valence-corrected chi connectivity index (χ1v) is 5.31.